The Hall–Kier alpha value is -1.59. The number of ether oxygens (including phenoxy) is 1. The molecule has 0 bridgehead atoms. The number of nitrogens with one attached hydrogen (secondary N) is 2. The van der Waals surface area contributed by atoms with Crippen LogP contribution < -0.4 is 15.4 Å². The first kappa shape index (κ1) is 14.8. The van der Waals surface area contributed by atoms with E-state index in [1.54, 1.807) is 0 Å². The molecule has 20 heavy (non-hydrogen) atoms. The third-order valence-corrected chi connectivity index (χ3v) is 3.11. The summed E-state index contributed by atoms with van der Waals surface area (Å²) in [6.45, 7) is 5.29. The van der Waals surface area contributed by atoms with Crippen LogP contribution in [0, 0.1) is 5.92 Å². The maximum absolute atomic E-state index is 12.0. The summed E-state index contributed by atoms with van der Waals surface area (Å²) < 4.78 is 5.63. The summed E-state index contributed by atoms with van der Waals surface area (Å²) in [5.74, 6) is 1.08. The van der Waals surface area contributed by atoms with Crippen molar-refractivity contribution in [2.45, 2.75) is 32.4 Å². The van der Waals surface area contributed by atoms with E-state index < -0.39 is 6.10 Å². The van der Waals surface area contributed by atoms with Crippen LogP contribution in [0.4, 0.5) is 5.69 Å². The minimum Gasteiger partial charge on any atom is -0.493 e. The molecule has 0 spiro atoms. The van der Waals surface area contributed by atoms with Gasteiger partial charge < -0.3 is 20.5 Å². The lowest BCUT2D eigenvalue weighted by Gasteiger charge is -2.13. The fourth-order valence-corrected chi connectivity index (χ4v) is 2.07. The van der Waals surface area contributed by atoms with Gasteiger partial charge in [0.2, 0.25) is 5.91 Å². The lowest BCUT2D eigenvalue weighted by Crippen LogP contribution is -2.35. The molecule has 0 saturated carbocycles. The average molecular weight is 278 g/mol. The zero-order valence-corrected chi connectivity index (χ0v) is 11.9. The van der Waals surface area contributed by atoms with Gasteiger partial charge in [-0.25, -0.2) is 0 Å². The molecule has 110 valence electrons. The van der Waals surface area contributed by atoms with Crippen LogP contribution in [0.2, 0.25) is 0 Å². The first-order chi connectivity index (χ1) is 9.54. The first-order valence-electron chi connectivity index (χ1n) is 7.00. The van der Waals surface area contributed by atoms with Crippen molar-refractivity contribution in [2.24, 2.45) is 5.92 Å². The normalized spacial score (nSPS) is 22.0. The van der Waals surface area contributed by atoms with Crippen molar-refractivity contribution in [2.75, 3.05) is 18.5 Å². The monoisotopic (exact) mass is 278 g/mol. The summed E-state index contributed by atoms with van der Waals surface area (Å²) in [5.41, 5.74) is 0.708. The third kappa shape index (κ3) is 4.21. The number of anilines is 1. The second-order valence-electron chi connectivity index (χ2n) is 5.57. The van der Waals surface area contributed by atoms with Crippen molar-refractivity contribution in [1.29, 1.82) is 0 Å². The van der Waals surface area contributed by atoms with Gasteiger partial charge in [-0.15, -0.1) is 0 Å². The zero-order chi connectivity index (χ0) is 14.5. The molecular formula is C15H22N2O3. The average Bonchev–Trinajstić information content (AvgIpc) is 2.84. The van der Waals surface area contributed by atoms with Crippen molar-refractivity contribution in [3.05, 3.63) is 24.3 Å². The minimum absolute atomic E-state index is 0.123. The lowest BCUT2D eigenvalue weighted by molar-refractivity contribution is -0.117. The molecular weight excluding hydrogens is 256 g/mol. The predicted molar refractivity (Wildman–Crippen MR) is 77.8 cm³/mol. The molecule has 1 aromatic rings. The van der Waals surface area contributed by atoms with E-state index in [2.05, 4.69) is 24.5 Å². The van der Waals surface area contributed by atoms with Crippen LogP contribution in [-0.4, -0.2) is 36.3 Å². The molecule has 1 aliphatic rings. The Morgan fingerprint density at radius 1 is 1.55 bits per heavy atom. The van der Waals surface area contributed by atoms with Crippen molar-refractivity contribution in [1.82, 2.24) is 5.32 Å². The molecule has 1 fully saturated rings. The molecule has 0 radical (unpaired) electrons. The smallest absolute Gasteiger partial charge is 0.241 e. The SMILES string of the molecule is CC(C)COc1cccc(NC(=O)C2CC(O)CN2)c1. The molecule has 1 aromatic carbocycles. The number of benzene rings is 1. The molecule has 5 nitrogen and oxygen atoms in total. The summed E-state index contributed by atoms with van der Waals surface area (Å²) in [7, 11) is 0. The standard InChI is InChI=1S/C15H22N2O3/c1-10(2)9-20-13-5-3-4-11(6-13)17-15(19)14-7-12(18)8-16-14/h3-6,10,12,14,16,18H,7-9H2,1-2H3,(H,17,19). The predicted octanol–water partition coefficient (Wildman–Crippen LogP) is 1.38. The molecule has 0 aromatic heterocycles. The maximum Gasteiger partial charge on any atom is 0.241 e. The Morgan fingerprint density at radius 2 is 2.35 bits per heavy atom. The number of carbonyl (C=O) groups excluding carboxylic acids is 1. The number of rotatable bonds is 5. The number of hydrogen-bond donors (Lipinski definition) is 3. The molecule has 1 heterocycles. The van der Waals surface area contributed by atoms with Gasteiger partial charge in [0, 0.05) is 18.3 Å². The first-order valence-corrected chi connectivity index (χ1v) is 7.00. The van der Waals surface area contributed by atoms with Crippen molar-refractivity contribution < 1.29 is 14.6 Å². The fraction of sp³-hybridized carbons (Fsp3) is 0.533. The van der Waals surface area contributed by atoms with E-state index in [9.17, 15) is 9.90 Å². The van der Waals surface area contributed by atoms with Crippen molar-refractivity contribution >= 4 is 11.6 Å². The maximum atomic E-state index is 12.0. The number of aliphatic hydroxyl groups excluding tert-OH is 1. The topological polar surface area (TPSA) is 70.6 Å². The van der Waals surface area contributed by atoms with Crippen LogP contribution in [-0.2, 0) is 4.79 Å². The fourth-order valence-electron chi connectivity index (χ4n) is 2.07. The van der Waals surface area contributed by atoms with Crippen molar-refractivity contribution in [3.8, 4) is 5.75 Å². The van der Waals surface area contributed by atoms with Gasteiger partial charge in [-0.1, -0.05) is 19.9 Å². The van der Waals surface area contributed by atoms with Crippen LogP contribution >= 0.6 is 0 Å². The number of β-amino-alcohol motifs (C(OH)–C–C–N with tert-alkyl or cyclic N) is 1. The summed E-state index contributed by atoms with van der Waals surface area (Å²) in [5, 5.41) is 15.2. The molecule has 5 heteroatoms. The highest BCUT2D eigenvalue weighted by Crippen LogP contribution is 2.19. The zero-order valence-electron chi connectivity index (χ0n) is 11.9. The molecule has 1 aliphatic heterocycles. The van der Waals surface area contributed by atoms with E-state index >= 15 is 0 Å². The van der Waals surface area contributed by atoms with Gasteiger partial charge in [0.1, 0.15) is 5.75 Å². The highest BCUT2D eigenvalue weighted by atomic mass is 16.5. The van der Waals surface area contributed by atoms with Gasteiger partial charge in [-0.05, 0) is 24.5 Å². The molecule has 1 saturated heterocycles. The molecule has 2 atom stereocenters. The van der Waals surface area contributed by atoms with Crippen LogP contribution in [0.1, 0.15) is 20.3 Å². The molecule has 3 N–H and O–H groups in total. The summed E-state index contributed by atoms with van der Waals surface area (Å²) in [4.78, 5) is 12.0. The van der Waals surface area contributed by atoms with E-state index in [0.717, 1.165) is 5.75 Å². The molecule has 1 amide bonds. The molecule has 2 rings (SSSR count). The third-order valence-electron chi connectivity index (χ3n) is 3.11. The minimum atomic E-state index is -0.438. The summed E-state index contributed by atoms with van der Waals surface area (Å²) in [6, 6.07) is 7.03. The van der Waals surface area contributed by atoms with Gasteiger partial charge in [0.25, 0.3) is 0 Å². The van der Waals surface area contributed by atoms with Gasteiger partial charge in [-0.2, -0.15) is 0 Å². The van der Waals surface area contributed by atoms with E-state index in [-0.39, 0.29) is 11.9 Å². The Balaban J connectivity index is 1.92. The van der Waals surface area contributed by atoms with E-state index in [4.69, 9.17) is 4.74 Å². The van der Waals surface area contributed by atoms with Crippen molar-refractivity contribution in [3.63, 3.8) is 0 Å². The van der Waals surface area contributed by atoms with Gasteiger partial charge in [0.15, 0.2) is 0 Å². The molecule has 2 unspecified atom stereocenters. The van der Waals surface area contributed by atoms with E-state index in [0.29, 0.717) is 31.2 Å². The quantitative estimate of drug-likeness (QED) is 0.761. The lowest BCUT2D eigenvalue weighted by atomic mass is 10.2. The Bertz CT molecular complexity index is 462. The van der Waals surface area contributed by atoms with Gasteiger partial charge in [0.05, 0.1) is 18.8 Å². The van der Waals surface area contributed by atoms with Crippen LogP contribution in [0.3, 0.4) is 0 Å². The Kier molecular flexibility index (Phi) is 4.98. The number of hydrogen-bond acceptors (Lipinski definition) is 4. The van der Waals surface area contributed by atoms with Gasteiger partial charge >= 0.3 is 0 Å². The number of carbonyl (C=O) groups is 1. The number of aliphatic hydroxyl groups is 1. The molecule has 0 aliphatic carbocycles. The van der Waals surface area contributed by atoms with Gasteiger partial charge in [-0.3, -0.25) is 4.79 Å². The van der Waals surface area contributed by atoms with Crippen LogP contribution in [0.25, 0.3) is 0 Å². The second-order valence-corrected chi connectivity index (χ2v) is 5.57. The van der Waals surface area contributed by atoms with Crippen LogP contribution in [0.5, 0.6) is 5.75 Å². The summed E-state index contributed by atoms with van der Waals surface area (Å²) >= 11 is 0. The Morgan fingerprint density at radius 3 is 3.00 bits per heavy atom. The highest BCUT2D eigenvalue weighted by Gasteiger charge is 2.27. The summed E-state index contributed by atoms with van der Waals surface area (Å²) in [6.07, 6.45) is 0.0153. The Labute approximate surface area is 119 Å². The van der Waals surface area contributed by atoms with Crippen LogP contribution in [0.15, 0.2) is 24.3 Å². The number of amides is 1. The van der Waals surface area contributed by atoms with E-state index in [1.165, 1.54) is 0 Å². The highest BCUT2D eigenvalue weighted by molar-refractivity contribution is 5.95. The second kappa shape index (κ2) is 6.72. The largest absolute Gasteiger partial charge is 0.493 e. The van der Waals surface area contributed by atoms with E-state index in [1.807, 2.05) is 24.3 Å².